The number of aromatic nitrogens is 5. The van der Waals surface area contributed by atoms with Crippen molar-refractivity contribution in [2.75, 3.05) is 5.32 Å². The van der Waals surface area contributed by atoms with Crippen LogP contribution in [0.15, 0.2) is 12.3 Å². The van der Waals surface area contributed by atoms with Gasteiger partial charge in [-0.2, -0.15) is 10.2 Å². The lowest BCUT2D eigenvalue weighted by Crippen LogP contribution is -2.26. The Labute approximate surface area is 218 Å². The fraction of sp³-hybridized carbons (Fsp3) is 0.348. The molecule has 4 aromatic heterocycles. The standard InChI is InChI=1S/C23H24F2N8O4S/c1-6-31-8-14(9(2)29-31)13-7-15(20(24)25)27-23-16(13)17(19(38-23)21(26)34)28-22(35)12(5)32-11(4)18(33(36)37)10(3)30-32/h7-8,12,20H,6H2,1-5H3,(H2,26,34)(H,28,35). The topological polar surface area (TPSA) is 164 Å². The van der Waals surface area contributed by atoms with E-state index in [1.165, 1.54) is 31.5 Å². The van der Waals surface area contributed by atoms with Gasteiger partial charge in [-0.25, -0.2) is 13.8 Å². The first-order valence-corrected chi connectivity index (χ1v) is 12.3. The molecule has 1 atom stereocenters. The van der Waals surface area contributed by atoms with Crippen molar-refractivity contribution in [3.8, 4) is 11.1 Å². The Morgan fingerprint density at radius 2 is 1.89 bits per heavy atom. The second kappa shape index (κ2) is 9.89. The highest BCUT2D eigenvalue weighted by Gasteiger charge is 2.30. The van der Waals surface area contributed by atoms with Crippen LogP contribution in [0.25, 0.3) is 21.3 Å². The molecule has 0 aliphatic rings. The number of primary amides is 1. The SMILES string of the molecule is CCn1cc(-c2cc(C(F)F)nc3sc(C(N)=O)c(NC(=O)C(C)n4nc(C)c([N+](=O)[O-])c4C)c23)c(C)n1. The predicted octanol–water partition coefficient (Wildman–Crippen LogP) is 4.45. The Kier molecular flexibility index (Phi) is 6.97. The monoisotopic (exact) mass is 546 g/mol. The predicted molar refractivity (Wildman–Crippen MR) is 136 cm³/mol. The number of alkyl halides is 2. The molecule has 38 heavy (non-hydrogen) atoms. The number of halogens is 2. The number of carbonyl (C=O) groups is 2. The summed E-state index contributed by atoms with van der Waals surface area (Å²) in [6.45, 7) is 8.53. The van der Waals surface area contributed by atoms with Gasteiger partial charge < -0.3 is 11.1 Å². The summed E-state index contributed by atoms with van der Waals surface area (Å²) in [4.78, 5) is 40.6. The first kappa shape index (κ1) is 26.8. The Morgan fingerprint density at radius 3 is 2.42 bits per heavy atom. The zero-order chi connectivity index (χ0) is 28.0. The van der Waals surface area contributed by atoms with Crippen molar-refractivity contribution in [2.24, 2.45) is 5.73 Å². The Morgan fingerprint density at radius 1 is 1.21 bits per heavy atom. The molecule has 0 bridgehead atoms. The van der Waals surface area contributed by atoms with Gasteiger partial charge in [-0.15, -0.1) is 11.3 Å². The molecule has 0 radical (unpaired) electrons. The van der Waals surface area contributed by atoms with Crippen molar-refractivity contribution >= 4 is 44.7 Å². The maximum absolute atomic E-state index is 13.8. The molecular weight excluding hydrogens is 522 g/mol. The van der Waals surface area contributed by atoms with E-state index in [1.54, 1.807) is 17.8 Å². The minimum absolute atomic E-state index is 0.0114. The van der Waals surface area contributed by atoms with Gasteiger partial charge in [0, 0.05) is 23.7 Å². The number of nitrogens with zero attached hydrogens (tertiary/aromatic N) is 6. The molecule has 0 saturated heterocycles. The molecule has 0 spiro atoms. The average molecular weight is 547 g/mol. The summed E-state index contributed by atoms with van der Waals surface area (Å²) in [5.41, 5.74) is 6.58. The van der Waals surface area contributed by atoms with Crippen molar-refractivity contribution in [3.63, 3.8) is 0 Å². The van der Waals surface area contributed by atoms with E-state index in [0.29, 0.717) is 23.4 Å². The van der Waals surface area contributed by atoms with E-state index < -0.39 is 34.9 Å². The van der Waals surface area contributed by atoms with E-state index in [0.717, 1.165) is 11.3 Å². The summed E-state index contributed by atoms with van der Waals surface area (Å²) >= 11 is 0.781. The third-order valence-corrected chi connectivity index (χ3v) is 7.25. The number of thiophene rings is 1. The maximum atomic E-state index is 13.8. The van der Waals surface area contributed by atoms with Crippen LogP contribution in [0.2, 0.25) is 0 Å². The summed E-state index contributed by atoms with van der Waals surface area (Å²) < 4.78 is 30.4. The Bertz CT molecular complexity index is 1610. The molecule has 1 unspecified atom stereocenters. The molecule has 200 valence electrons. The van der Waals surface area contributed by atoms with Crippen LogP contribution in [-0.4, -0.2) is 41.3 Å². The fourth-order valence-electron chi connectivity index (χ4n) is 4.31. The molecule has 4 heterocycles. The van der Waals surface area contributed by atoms with Crippen LogP contribution < -0.4 is 11.1 Å². The highest BCUT2D eigenvalue weighted by molar-refractivity contribution is 7.21. The van der Waals surface area contributed by atoms with Gasteiger partial charge >= 0.3 is 5.69 Å². The van der Waals surface area contributed by atoms with Gasteiger partial charge in [0.05, 0.1) is 16.3 Å². The van der Waals surface area contributed by atoms with Gasteiger partial charge in [-0.05, 0) is 46.2 Å². The second-order valence-electron chi connectivity index (χ2n) is 8.62. The summed E-state index contributed by atoms with van der Waals surface area (Å²) in [7, 11) is 0. The number of amides is 2. The summed E-state index contributed by atoms with van der Waals surface area (Å²) in [6, 6.07) is 0.178. The molecule has 4 aromatic rings. The van der Waals surface area contributed by atoms with Crippen molar-refractivity contribution in [2.45, 2.75) is 53.6 Å². The number of anilines is 1. The molecule has 0 saturated carbocycles. The van der Waals surface area contributed by atoms with Crippen LogP contribution in [0.5, 0.6) is 0 Å². The van der Waals surface area contributed by atoms with E-state index in [4.69, 9.17) is 5.73 Å². The summed E-state index contributed by atoms with van der Waals surface area (Å²) in [5, 5.41) is 22.9. The number of carbonyl (C=O) groups excluding carboxylic acids is 2. The number of nitrogens with two attached hydrogens (primary N) is 1. The highest BCUT2D eigenvalue weighted by Crippen LogP contribution is 2.43. The Balaban J connectivity index is 1.90. The normalized spacial score (nSPS) is 12.3. The number of rotatable bonds is 8. The van der Waals surface area contributed by atoms with E-state index in [1.807, 2.05) is 6.92 Å². The van der Waals surface area contributed by atoms with Gasteiger partial charge in [0.25, 0.3) is 12.3 Å². The second-order valence-corrected chi connectivity index (χ2v) is 9.62. The third kappa shape index (κ3) is 4.49. The molecule has 12 nitrogen and oxygen atoms in total. The van der Waals surface area contributed by atoms with Crippen LogP contribution in [0, 0.1) is 30.9 Å². The molecule has 2 amide bonds. The summed E-state index contributed by atoms with van der Waals surface area (Å²) in [6.07, 6.45) is -1.21. The van der Waals surface area contributed by atoms with E-state index in [-0.39, 0.29) is 37.9 Å². The van der Waals surface area contributed by atoms with Crippen molar-refractivity contribution in [3.05, 3.63) is 50.0 Å². The average Bonchev–Trinajstić information content (AvgIpc) is 3.50. The smallest absolute Gasteiger partial charge is 0.312 e. The number of pyridine rings is 1. The third-order valence-electron chi connectivity index (χ3n) is 6.15. The van der Waals surface area contributed by atoms with Gasteiger partial charge in [0.2, 0.25) is 5.91 Å². The fourth-order valence-corrected chi connectivity index (χ4v) is 5.33. The number of nitrogens with one attached hydrogen (secondary N) is 1. The quantitative estimate of drug-likeness (QED) is 0.243. The zero-order valence-corrected chi connectivity index (χ0v) is 21.9. The molecule has 15 heteroatoms. The van der Waals surface area contributed by atoms with Gasteiger partial charge in [-0.3, -0.25) is 29.1 Å². The van der Waals surface area contributed by atoms with Crippen molar-refractivity contribution in [1.29, 1.82) is 0 Å². The van der Waals surface area contributed by atoms with Crippen LogP contribution >= 0.6 is 11.3 Å². The first-order chi connectivity index (χ1) is 17.8. The minimum atomic E-state index is -2.89. The maximum Gasteiger partial charge on any atom is 0.312 e. The number of hydrogen-bond acceptors (Lipinski definition) is 8. The lowest BCUT2D eigenvalue weighted by molar-refractivity contribution is -0.386. The highest BCUT2D eigenvalue weighted by atomic mass is 32.1. The van der Waals surface area contributed by atoms with Crippen LogP contribution in [-0.2, 0) is 11.3 Å². The van der Waals surface area contributed by atoms with E-state index in [2.05, 4.69) is 20.5 Å². The summed E-state index contributed by atoms with van der Waals surface area (Å²) in [5.74, 6) is -1.54. The van der Waals surface area contributed by atoms with Crippen LogP contribution in [0.3, 0.4) is 0 Å². The molecule has 4 rings (SSSR count). The Hall–Kier alpha value is -4.27. The molecule has 0 aliphatic carbocycles. The van der Waals surface area contributed by atoms with Gasteiger partial charge in [0.15, 0.2) is 0 Å². The van der Waals surface area contributed by atoms with E-state index >= 15 is 0 Å². The van der Waals surface area contributed by atoms with Gasteiger partial charge in [-0.1, -0.05) is 0 Å². The minimum Gasteiger partial charge on any atom is -0.365 e. The molecular formula is C23H24F2N8O4S. The molecule has 3 N–H and O–H groups in total. The van der Waals surface area contributed by atoms with Crippen molar-refractivity contribution in [1.82, 2.24) is 24.5 Å². The van der Waals surface area contributed by atoms with Crippen LogP contribution in [0.1, 0.15) is 58.8 Å². The molecule has 0 aromatic carbocycles. The molecule has 0 fully saturated rings. The van der Waals surface area contributed by atoms with E-state index in [9.17, 15) is 28.5 Å². The first-order valence-electron chi connectivity index (χ1n) is 11.5. The lowest BCUT2D eigenvalue weighted by Gasteiger charge is -2.15. The van der Waals surface area contributed by atoms with Gasteiger partial charge in [0.1, 0.15) is 32.8 Å². The number of nitro groups is 1. The number of fused-ring (bicyclic) bond motifs is 1. The lowest BCUT2D eigenvalue weighted by atomic mass is 10.0. The molecule has 0 aliphatic heterocycles. The number of aryl methyl sites for hydroxylation is 3. The largest absolute Gasteiger partial charge is 0.365 e. The zero-order valence-electron chi connectivity index (χ0n) is 21.1. The van der Waals surface area contributed by atoms with Crippen LogP contribution in [0.4, 0.5) is 20.2 Å². The van der Waals surface area contributed by atoms with Crippen molar-refractivity contribution < 1.29 is 23.3 Å². The number of hydrogen-bond donors (Lipinski definition) is 2.